The van der Waals surface area contributed by atoms with Crippen molar-refractivity contribution in [3.63, 3.8) is 0 Å². The first-order valence-corrected chi connectivity index (χ1v) is 13.2. The standard InChI is InChI=1S/C23H33N3O3S2/c1-18-10-12-21(13-11-18)31(28,29)25-22(14-15-30-4)23(27)24-17-20(26(2)3)16-19-8-6-5-7-9-19/h5-13,20,22,25H,14-17H2,1-4H3,(H,24,27). The Morgan fingerprint density at radius 3 is 2.29 bits per heavy atom. The van der Waals surface area contributed by atoms with E-state index in [9.17, 15) is 13.2 Å². The minimum atomic E-state index is -3.79. The lowest BCUT2D eigenvalue weighted by molar-refractivity contribution is -0.123. The first kappa shape index (κ1) is 25.4. The van der Waals surface area contributed by atoms with Gasteiger partial charge in [0.15, 0.2) is 0 Å². The highest BCUT2D eigenvalue weighted by Gasteiger charge is 2.26. The van der Waals surface area contributed by atoms with Gasteiger partial charge < -0.3 is 10.2 Å². The fourth-order valence-electron chi connectivity index (χ4n) is 3.12. The quantitative estimate of drug-likeness (QED) is 0.506. The molecule has 2 aromatic rings. The maximum Gasteiger partial charge on any atom is 0.241 e. The summed E-state index contributed by atoms with van der Waals surface area (Å²) in [5.41, 5.74) is 2.17. The van der Waals surface area contributed by atoms with E-state index in [2.05, 4.69) is 27.1 Å². The van der Waals surface area contributed by atoms with Gasteiger partial charge in [-0.15, -0.1) is 0 Å². The highest BCUT2D eigenvalue weighted by atomic mass is 32.2. The van der Waals surface area contributed by atoms with E-state index in [-0.39, 0.29) is 16.8 Å². The van der Waals surface area contributed by atoms with Crippen LogP contribution in [0.4, 0.5) is 0 Å². The average Bonchev–Trinajstić information content (AvgIpc) is 2.74. The van der Waals surface area contributed by atoms with Gasteiger partial charge in [0.2, 0.25) is 15.9 Å². The van der Waals surface area contributed by atoms with E-state index in [0.717, 1.165) is 12.0 Å². The molecule has 0 aliphatic heterocycles. The molecule has 0 saturated carbocycles. The van der Waals surface area contributed by atoms with Crippen LogP contribution >= 0.6 is 11.8 Å². The number of benzene rings is 2. The molecule has 31 heavy (non-hydrogen) atoms. The van der Waals surface area contributed by atoms with Gasteiger partial charge in [-0.2, -0.15) is 16.5 Å². The molecule has 2 unspecified atom stereocenters. The summed E-state index contributed by atoms with van der Waals surface area (Å²) in [6, 6.07) is 16.0. The first-order chi connectivity index (χ1) is 14.7. The lowest BCUT2D eigenvalue weighted by Gasteiger charge is -2.26. The number of carbonyl (C=O) groups excluding carboxylic acids is 1. The Kier molecular flexibility index (Phi) is 10.0. The molecule has 0 radical (unpaired) electrons. The van der Waals surface area contributed by atoms with Gasteiger partial charge in [-0.25, -0.2) is 8.42 Å². The third kappa shape index (κ3) is 8.29. The van der Waals surface area contributed by atoms with Crippen LogP contribution in [0.15, 0.2) is 59.5 Å². The predicted octanol–water partition coefficient (Wildman–Crippen LogP) is 2.68. The molecule has 1 amide bonds. The van der Waals surface area contributed by atoms with Gasteiger partial charge in [-0.1, -0.05) is 48.0 Å². The van der Waals surface area contributed by atoms with Gasteiger partial charge in [-0.3, -0.25) is 4.79 Å². The van der Waals surface area contributed by atoms with Gasteiger partial charge in [-0.05, 0) is 63.6 Å². The minimum absolute atomic E-state index is 0.0984. The summed E-state index contributed by atoms with van der Waals surface area (Å²) < 4.78 is 28.2. The van der Waals surface area contributed by atoms with Crippen molar-refractivity contribution in [2.24, 2.45) is 0 Å². The number of nitrogens with one attached hydrogen (secondary N) is 2. The molecular weight excluding hydrogens is 430 g/mol. The number of amides is 1. The second-order valence-corrected chi connectivity index (χ2v) is 10.5. The number of hydrogen-bond donors (Lipinski definition) is 2. The Hall–Kier alpha value is -1.87. The molecule has 0 saturated heterocycles. The number of rotatable bonds is 12. The van der Waals surface area contributed by atoms with Gasteiger partial charge in [0.1, 0.15) is 6.04 Å². The number of likely N-dealkylation sites (N-methyl/N-ethyl adjacent to an activating group) is 1. The normalized spacial score (nSPS) is 13.7. The van der Waals surface area contributed by atoms with Gasteiger partial charge in [0.05, 0.1) is 4.90 Å². The molecule has 0 aromatic heterocycles. The molecule has 0 spiro atoms. The molecule has 170 valence electrons. The molecule has 0 aliphatic rings. The van der Waals surface area contributed by atoms with Crippen LogP contribution in [0.3, 0.4) is 0 Å². The molecule has 0 aliphatic carbocycles. The van der Waals surface area contributed by atoms with Crippen molar-refractivity contribution in [1.82, 2.24) is 14.9 Å². The van der Waals surface area contributed by atoms with Crippen molar-refractivity contribution >= 4 is 27.7 Å². The summed E-state index contributed by atoms with van der Waals surface area (Å²) in [7, 11) is 0.169. The van der Waals surface area contributed by atoms with E-state index in [0.29, 0.717) is 18.7 Å². The van der Waals surface area contributed by atoms with Crippen molar-refractivity contribution in [2.75, 3.05) is 32.6 Å². The Balaban J connectivity index is 2.06. The molecule has 2 atom stereocenters. The molecule has 0 heterocycles. The van der Waals surface area contributed by atoms with E-state index in [4.69, 9.17) is 0 Å². The van der Waals surface area contributed by atoms with Crippen LogP contribution in [0.2, 0.25) is 0 Å². The fourth-order valence-corrected chi connectivity index (χ4v) is 4.82. The van der Waals surface area contributed by atoms with Crippen LogP contribution in [0.25, 0.3) is 0 Å². The molecular formula is C23H33N3O3S2. The number of sulfonamides is 1. The van der Waals surface area contributed by atoms with E-state index in [1.165, 1.54) is 5.56 Å². The Bertz CT molecular complexity index is 917. The number of hydrogen-bond acceptors (Lipinski definition) is 5. The third-order valence-corrected chi connectivity index (χ3v) is 7.24. The second kappa shape index (κ2) is 12.2. The minimum Gasteiger partial charge on any atom is -0.353 e. The van der Waals surface area contributed by atoms with E-state index < -0.39 is 16.1 Å². The summed E-state index contributed by atoms with van der Waals surface area (Å²) in [6.07, 6.45) is 3.15. The van der Waals surface area contributed by atoms with Gasteiger partial charge >= 0.3 is 0 Å². The summed E-state index contributed by atoms with van der Waals surface area (Å²) in [5.74, 6) is 0.375. The smallest absolute Gasteiger partial charge is 0.241 e. The highest BCUT2D eigenvalue weighted by Crippen LogP contribution is 2.13. The zero-order valence-electron chi connectivity index (χ0n) is 18.7. The number of carbonyl (C=O) groups is 1. The summed E-state index contributed by atoms with van der Waals surface area (Å²) in [5, 5.41) is 2.96. The van der Waals surface area contributed by atoms with Gasteiger partial charge in [0.25, 0.3) is 0 Å². The van der Waals surface area contributed by atoms with Crippen LogP contribution in [0.5, 0.6) is 0 Å². The van der Waals surface area contributed by atoms with Crippen molar-refractivity contribution < 1.29 is 13.2 Å². The summed E-state index contributed by atoms with van der Waals surface area (Å²) >= 11 is 1.58. The number of nitrogens with zero attached hydrogens (tertiary/aromatic N) is 1. The molecule has 6 nitrogen and oxygen atoms in total. The van der Waals surface area contributed by atoms with Crippen LogP contribution in [-0.4, -0.2) is 64.0 Å². The van der Waals surface area contributed by atoms with Crippen LogP contribution < -0.4 is 10.0 Å². The Morgan fingerprint density at radius 2 is 1.71 bits per heavy atom. The zero-order valence-corrected chi connectivity index (χ0v) is 20.3. The summed E-state index contributed by atoms with van der Waals surface area (Å²) in [4.78, 5) is 15.2. The average molecular weight is 464 g/mol. The lowest BCUT2D eigenvalue weighted by Crippen LogP contribution is -2.50. The monoisotopic (exact) mass is 463 g/mol. The predicted molar refractivity (Wildman–Crippen MR) is 129 cm³/mol. The van der Waals surface area contributed by atoms with E-state index in [1.54, 1.807) is 36.0 Å². The molecule has 8 heteroatoms. The van der Waals surface area contributed by atoms with Crippen LogP contribution in [0.1, 0.15) is 17.5 Å². The Morgan fingerprint density at radius 1 is 1.06 bits per heavy atom. The molecule has 2 rings (SSSR count). The largest absolute Gasteiger partial charge is 0.353 e. The first-order valence-electron chi connectivity index (χ1n) is 10.3. The number of aryl methyl sites for hydroxylation is 1. The molecule has 2 N–H and O–H groups in total. The second-order valence-electron chi connectivity index (χ2n) is 7.82. The maximum absolute atomic E-state index is 12.9. The van der Waals surface area contributed by atoms with Crippen molar-refractivity contribution in [2.45, 2.75) is 36.7 Å². The van der Waals surface area contributed by atoms with Gasteiger partial charge in [0, 0.05) is 12.6 Å². The lowest BCUT2D eigenvalue weighted by atomic mass is 10.0. The zero-order chi connectivity index (χ0) is 22.9. The third-order valence-electron chi connectivity index (χ3n) is 5.11. The number of thioether (sulfide) groups is 1. The van der Waals surface area contributed by atoms with Crippen LogP contribution in [-0.2, 0) is 21.2 Å². The van der Waals surface area contributed by atoms with Crippen LogP contribution in [0, 0.1) is 6.92 Å². The molecule has 2 aromatic carbocycles. The van der Waals surface area contributed by atoms with E-state index >= 15 is 0 Å². The summed E-state index contributed by atoms with van der Waals surface area (Å²) in [6.45, 7) is 2.33. The SMILES string of the molecule is CSCCC(NS(=O)(=O)c1ccc(C)cc1)C(=O)NCC(Cc1ccccc1)N(C)C. The Labute approximate surface area is 190 Å². The highest BCUT2D eigenvalue weighted by molar-refractivity contribution is 7.98. The fraction of sp³-hybridized carbons (Fsp3) is 0.435. The maximum atomic E-state index is 12.9. The molecule has 0 fully saturated rings. The topological polar surface area (TPSA) is 78.5 Å². The van der Waals surface area contributed by atoms with Crippen molar-refractivity contribution in [3.8, 4) is 0 Å². The molecule has 0 bridgehead atoms. The van der Waals surface area contributed by atoms with Crippen molar-refractivity contribution in [1.29, 1.82) is 0 Å². The van der Waals surface area contributed by atoms with Crippen molar-refractivity contribution in [3.05, 3.63) is 65.7 Å². The van der Waals surface area contributed by atoms with E-state index in [1.807, 2.05) is 45.5 Å².